The first-order valence-electron chi connectivity index (χ1n) is 16.2. The lowest BCUT2D eigenvalue weighted by Gasteiger charge is -2.35. The Hall–Kier alpha value is -4.33. The summed E-state index contributed by atoms with van der Waals surface area (Å²) < 4.78 is 0. The molecule has 8 nitrogen and oxygen atoms in total. The van der Waals surface area contributed by atoms with Gasteiger partial charge in [-0.1, -0.05) is 74.7 Å². The Labute approximate surface area is 266 Å². The van der Waals surface area contributed by atoms with Gasteiger partial charge in [0.25, 0.3) is 0 Å². The van der Waals surface area contributed by atoms with Crippen LogP contribution in [0.15, 0.2) is 73.1 Å². The second-order valence-electron chi connectivity index (χ2n) is 12.5. The van der Waals surface area contributed by atoms with Crippen molar-refractivity contribution in [2.24, 2.45) is 17.8 Å². The number of anilines is 1. The van der Waals surface area contributed by atoms with E-state index < -0.39 is 18.4 Å². The van der Waals surface area contributed by atoms with Gasteiger partial charge in [-0.15, -0.1) is 0 Å². The molecule has 1 unspecified atom stereocenters. The average molecular weight is 609 g/mol. The van der Waals surface area contributed by atoms with E-state index in [0.29, 0.717) is 11.5 Å². The van der Waals surface area contributed by atoms with Crippen LogP contribution in [0, 0.1) is 17.8 Å². The first-order valence-corrected chi connectivity index (χ1v) is 16.2. The predicted octanol–water partition coefficient (Wildman–Crippen LogP) is 7.01. The van der Waals surface area contributed by atoms with Gasteiger partial charge in [-0.25, -0.2) is 9.97 Å². The number of aromatic nitrogens is 2. The standard InChI is InChI=1S/C37H44N4O4/c1-3-27-9-13-29(14-10-27)30-17-19-31(20-18-30)33-21-38-37(39-22-33)32-15-11-28(12-16-32)23-40(25-36(44)45)35(43)24-41(26(2)42)34-7-5-4-6-8-34/h4-8,11-12,15-16,19,21-22,27,29-30H,3,9-10,13-14,17-18,20,23-25H2,1-2H3,(H,44,45)/t27-,29-,30?. The second-order valence-corrected chi connectivity index (χ2v) is 12.5. The molecule has 236 valence electrons. The summed E-state index contributed by atoms with van der Waals surface area (Å²) >= 11 is 0. The highest BCUT2D eigenvalue weighted by Crippen LogP contribution is 2.41. The zero-order valence-corrected chi connectivity index (χ0v) is 26.4. The molecule has 8 heteroatoms. The fourth-order valence-electron chi connectivity index (χ4n) is 6.86. The molecule has 1 heterocycles. The molecule has 2 amide bonds. The molecule has 2 aliphatic carbocycles. The molecule has 1 saturated carbocycles. The first kappa shape index (κ1) is 32.1. The van der Waals surface area contributed by atoms with Gasteiger partial charge in [-0.05, 0) is 73.1 Å². The van der Waals surface area contributed by atoms with Gasteiger partial charge in [0.2, 0.25) is 11.8 Å². The number of nitrogens with zero attached hydrogens (tertiary/aromatic N) is 4. The number of benzene rings is 2. The van der Waals surface area contributed by atoms with Crippen molar-refractivity contribution in [2.75, 3.05) is 18.0 Å². The minimum absolute atomic E-state index is 0.0981. The maximum Gasteiger partial charge on any atom is 0.323 e. The van der Waals surface area contributed by atoms with Crippen LogP contribution in [0.5, 0.6) is 0 Å². The maximum absolute atomic E-state index is 13.2. The van der Waals surface area contributed by atoms with E-state index in [1.807, 2.05) is 42.7 Å². The Bertz CT molecular complexity index is 1480. The van der Waals surface area contributed by atoms with E-state index in [4.69, 9.17) is 0 Å². The number of carboxylic acid groups (broad SMARTS) is 1. The van der Waals surface area contributed by atoms with E-state index >= 15 is 0 Å². The zero-order valence-electron chi connectivity index (χ0n) is 26.4. The molecule has 0 aliphatic heterocycles. The van der Waals surface area contributed by atoms with Crippen molar-refractivity contribution < 1.29 is 19.5 Å². The number of allylic oxidation sites excluding steroid dienone is 2. The third kappa shape index (κ3) is 8.44. The summed E-state index contributed by atoms with van der Waals surface area (Å²) in [4.78, 5) is 49.0. The molecule has 5 rings (SSSR count). The second kappa shape index (κ2) is 15.1. The minimum Gasteiger partial charge on any atom is -0.480 e. The van der Waals surface area contributed by atoms with Crippen molar-refractivity contribution in [1.29, 1.82) is 0 Å². The van der Waals surface area contributed by atoms with Crippen LogP contribution in [0.3, 0.4) is 0 Å². The topological polar surface area (TPSA) is 104 Å². The summed E-state index contributed by atoms with van der Waals surface area (Å²) in [6.45, 7) is 3.09. The number of rotatable bonds is 11. The van der Waals surface area contributed by atoms with Crippen LogP contribution < -0.4 is 4.90 Å². The number of aliphatic carboxylic acids is 1. The molecular weight excluding hydrogens is 564 g/mol. The molecule has 0 radical (unpaired) electrons. The van der Waals surface area contributed by atoms with E-state index in [9.17, 15) is 19.5 Å². The van der Waals surface area contributed by atoms with Crippen LogP contribution in [-0.2, 0) is 20.9 Å². The van der Waals surface area contributed by atoms with Crippen molar-refractivity contribution in [3.63, 3.8) is 0 Å². The summed E-state index contributed by atoms with van der Waals surface area (Å²) in [5.41, 5.74) is 4.62. The first-order chi connectivity index (χ1) is 21.8. The quantitative estimate of drug-likeness (QED) is 0.251. The highest BCUT2D eigenvalue weighted by atomic mass is 16.4. The van der Waals surface area contributed by atoms with Crippen molar-refractivity contribution in [1.82, 2.24) is 14.9 Å². The maximum atomic E-state index is 13.2. The number of para-hydroxylation sites is 1. The largest absolute Gasteiger partial charge is 0.480 e. The molecule has 0 saturated heterocycles. The summed E-state index contributed by atoms with van der Waals surface area (Å²) in [6.07, 6.45) is 16.6. The number of hydrogen-bond acceptors (Lipinski definition) is 5. The van der Waals surface area contributed by atoms with Crippen molar-refractivity contribution in [3.05, 3.63) is 84.2 Å². The van der Waals surface area contributed by atoms with Crippen molar-refractivity contribution >= 4 is 29.0 Å². The Morgan fingerprint density at radius 1 is 0.844 bits per heavy atom. The molecule has 0 spiro atoms. The number of amides is 2. The molecule has 3 aromatic rings. The van der Waals surface area contributed by atoms with E-state index in [0.717, 1.165) is 47.3 Å². The molecule has 45 heavy (non-hydrogen) atoms. The van der Waals surface area contributed by atoms with Crippen LogP contribution in [0.25, 0.3) is 17.0 Å². The Balaban J connectivity index is 1.19. The molecule has 1 aromatic heterocycles. The van der Waals surface area contributed by atoms with Gasteiger partial charge in [0.1, 0.15) is 13.1 Å². The highest BCUT2D eigenvalue weighted by molar-refractivity contribution is 5.97. The lowest BCUT2D eigenvalue weighted by Crippen LogP contribution is -2.44. The van der Waals surface area contributed by atoms with Gasteiger partial charge in [0.05, 0.1) is 0 Å². The molecular formula is C37H44N4O4. The zero-order chi connectivity index (χ0) is 31.8. The third-order valence-electron chi connectivity index (χ3n) is 9.62. The Morgan fingerprint density at radius 2 is 1.53 bits per heavy atom. The van der Waals surface area contributed by atoms with E-state index in [2.05, 4.69) is 23.0 Å². The van der Waals surface area contributed by atoms with Gasteiger partial charge >= 0.3 is 5.97 Å². The SMILES string of the molecule is CC[C@H]1CC[C@H](C2CC=C(c3cnc(-c4ccc(CN(CC(=O)O)C(=O)CN(C(C)=O)c5ccccc5)cc4)nc3)CC2)CC1. The fourth-order valence-corrected chi connectivity index (χ4v) is 6.86. The molecule has 2 aliphatic rings. The summed E-state index contributed by atoms with van der Waals surface area (Å²) in [7, 11) is 0. The molecule has 1 fully saturated rings. The number of hydrogen-bond donors (Lipinski definition) is 1. The Kier molecular flexibility index (Phi) is 10.8. The minimum atomic E-state index is -1.12. The van der Waals surface area contributed by atoms with Gasteiger partial charge in [-0.3, -0.25) is 14.4 Å². The van der Waals surface area contributed by atoms with Crippen molar-refractivity contribution in [2.45, 2.75) is 71.8 Å². The van der Waals surface area contributed by atoms with Crippen LogP contribution >= 0.6 is 0 Å². The van der Waals surface area contributed by atoms with Gasteiger partial charge in [0, 0.05) is 42.7 Å². The van der Waals surface area contributed by atoms with Gasteiger partial charge < -0.3 is 14.9 Å². The summed E-state index contributed by atoms with van der Waals surface area (Å²) in [5, 5.41) is 9.48. The van der Waals surface area contributed by atoms with Gasteiger partial charge in [-0.2, -0.15) is 0 Å². The third-order valence-corrected chi connectivity index (χ3v) is 9.62. The van der Waals surface area contributed by atoms with Crippen LogP contribution in [0.4, 0.5) is 5.69 Å². The lowest BCUT2D eigenvalue weighted by atomic mass is 9.71. The van der Waals surface area contributed by atoms with Crippen LogP contribution in [0.2, 0.25) is 0 Å². The van der Waals surface area contributed by atoms with Crippen molar-refractivity contribution in [3.8, 4) is 11.4 Å². The fraction of sp³-hybridized carbons (Fsp3) is 0.432. The van der Waals surface area contributed by atoms with Gasteiger partial charge in [0.15, 0.2) is 5.82 Å². The number of carbonyl (C=O) groups excluding carboxylic acids is 2. The molecule has 0 bridgehead atoms. The monoisotopic (exact) mass is 608 g/mol. The summed E-state index contributed by atoms with van der Waals surface area (Å²) in [5.74, 6) is 1.38. The lowest BCUT2D eigenvalue weighted by molar-refractivity contribution is -0.144. The van der Waals surface area contributed by atoms with E-state index in [-0.39, 0.29) is 19.0 Å². The summed E-state index contributed by atoms with van der Waals surface area (Å²) in [6, 6.07) is 16.3. The van der Waals surface area contributed by atoms with Crippen LogP contribution in [-0.4, -0.2) is 50.8 Å². The van der Waals surface area contributed by atoms with Crippen LogP contribution in [0.1, 0.15) is 76.3 Å². The average Bonchev–Trinajstić information content (AvgIpc) is 3.07. The Morgan fingerprint density at radius 3 is 2.11 bits per heavy atom. The highest BCUT2D eigenvalue weighted by Gasteiger charge is 2.28. The number of carboxylic acids is 1. The van der Waals surface area contributed by atoms with E-state index in [1.165, 1.54) is 60.8 Å². The number of carbonyl (C=O) groups is 3. The van der Waals surface area contributed by atoms with E-state index in [1.54, 1.807) is 24.3 Å². The molecule has 2 aromatic carbocycles. The smallest absolute Gasteiger partial charge is 0.323 e. The predicted molar refractivity (Wildman–Crippen MR) is 176 cm³/mol. The normalized spacial score (nSPS) is 19.8. The molecule has 1 N–H and O–H groups in total. The molecule has 1 atom stereocenters.